The zero-order chi connectivity index (χ0) is 24.9. The lowest BCUT2D eigenvalue weighted by Crippen LogP contribution is -2.45. The molecule has 3 N–H and O–H groups in total. The first-order chi connectivity index (χ1) is 17.4. The number of hydrogen-bond donors (Lipinski definition) is 3. The van der Waals surface area contributed by atoms with Crippen molar-refractivity contribution in [3.8, 4) is 0 Å². The van der Waals surface area contributed by atoms with Crippen molar-refractivity contribution in [2.45, 2.75) is 101 Å². The van der Waals surface area contributed by atoms with Gasteiger partial charge in [-0.05, 0) is 31.3 Å². The van der Waals surface area contributed by atoms with Crippen molar-refractivity contribution in [1.82, 2.24) is 15.3 Å². The largest absolute Gasteiger partial charge is 0.479 e. The van der Waals surface area contributed by atoms with Crippen molar-refractivity contribution < 1.29 is 28.9 Å². The molecule has 6 rings (SSSR count). The van der Waals surface area contributed by atoms with Crippen LogP contribution in [0.1, 0.15) is 69.8 Å². The second-order valence-corrected chi connectivity index (χ2v) is 10.5. The maximum atomic E-state index is 12.7. The van der Waals surface area contributed by atoms with Gasteiger partial charge in [0, 0.05) is 25.4 Å². The van der Waals surface area contributed by atoms with Gasteiger partial charge in [-0.3, -0.25) is 5.32 Å². The van der Waals surface area contributed by atoms with E-state index in [0.29, 0.717) is 29.3 Å². The first kappa shape index (κ1) is 23.6. The van der Waals surface area contributed by atoms with E-state index in [1.165, 1.54) is 12.7 Å². The van der Waals surface area contributed by atoms with E-state index in [9.17, 15) is 14.7 Å². The molecule has 2 saturated heterocycles. The van der Waals surface area contributed by atoms with Crippen molar-refractivity contribution in [3.63, 3.8) is 0 Å². The first-order valence-electron chi connectivity index (χ1n) is 13.1. The summed E-state index contributed by atoms with van der Waals surface area (Å²) >= 11 is 0. The molecule has 1 aromatic heterocycles. The summed E-state index contributed by atoms with van der Waals surface area (Å²) in [5, 5.41) is 15.8. The van der Waals surface area contributed by atoms with Gasteiger partial charge < -0.3 is 29.5 Å². The van der Waals surface area contributed by atoms with Crippen molar-refractivity contribution in [2.24, 2.45) is 0 Å². The van der Waals surface area contributed by atoms with Gasteiger partial charge in [0.15, 0.2) is 18.1 Å². The molecule has 0 radical (unpaired) electrons. The number of aliphatic carboxylic acids is 1. The highest BCUT2D eigenvalue weighted by atomic mass is 16.8. The molecule has 0 aromatic carbocycles. The predicted molar refractivity (Wildman–Crippen MR) is 129 cm³/mol. The van der Waals surface area contributed by atoms with E-state index in [4.69, 9.17) is 14.2 Å². The normalized spacial score (nSPS) is 31.3. The Balaban J connectivity index is 1.24. The predicted octanol–water partition coefficient (Wildman–Crippen LogP) is 3.02. The van der Waals surface area contributed by atoms with E-state index in [-0.39, 0.29) is 12.1 Å². The van der Waals surface area contributed by atoms with Crippen molar-refractivity contribution in [3.05, 3.63) is 18.5 Å². The number of rotatable bonds is 4. The Morgan fingerprint density at radius 2 is 1.78 bits per heavy atom. The summed E-state index contributed by atoms with van der Waals surface area (Å²) in [6, 6.07) is -0.138. The molecule has 36 heavy (non-hydrogen) atoms. The van der Waals surface area contributed by atoms with Gasteiger partial charge in [0.25, 0.3) is 0 Å². The van der Waals surface area contributed by atoms with Gasteiger partial charge in [-0.1, -0.05) is 32.3 Å². The molecule has 5 aliphatic rings. The van der Waals surface area contributed by atoms with Crippen LogP contribution in [0, 0.1) is 0 Å². The average molecular weight is 500 g/mol. The highest BCUT2D eigenvalue weighted by Crippen LogP contribution is 2.49. The number of carbonyl (C=O) groups is 2. The van der Waals surface area contributed by atoms with Crippen LogP contribution in [-0.2, 0) is 19.0 Å². The zero-order valence-electron chi connectivity index (χ0n) is 20.3. The maximum Gasteiger partial charge on any atom is 0.335 e. The Morgan fingerprint density at radius 3 is 2.53 bits per heavy atom. The average Bonchev–Trinajstić information content (AvgIpc) is 3.50. The van der Waals surface area contributed by atoms with E-state index >= 15 is 0 Å². The molecular weight excluding hydrogens is 466 g/mol. The Hall–Kier alpha value is -2.76. The van der Waals surface area contributed by atoms with Crippen LogP contribution in [0.25, 0.3) is 5.57 Å². The lowest BCUT2D eigenvalue weighted by atomic mass is 9.94. The van der Waals surface area contributed by atoms with Crippen LogP contribution in [0.15, 0.2) is 12.9 Å². The van der Waals surface area contributed by atoms with Gasteiger partial charge in [-0.25, -0.2) is 19.6 Å². The highest BCUT2D eigenvalue weighted by Gasteiger charge is 2.62. The monoisotopic (exact) mass is 499 g/mol. The second-order valence-electron chi connectivity index (χ2n) is 10.5. The number of amides is 2. The number of fused-ring (bicyclic) bond motifs is 2. The number of ether oxygens (including phenoxy) is 3. The third kappa shape index (κ3) is 4.12. The van der Waals surface area contributed by atoms with Gasteiger partial charge in [-0.2, -0.15) is 0 Å². The van der Waals surface area contributed by atoms with Crippen LogP contribution in [-0.4, -0.2) is 70.0 Å². The number of carboxylic acids is 1. The summed E-state index contributed by atoms with van der Waals surface area (Å²) in [5.41, 5.74) is 1.34. The molecule has 4 fully saturated rings. The smallest absolute Gasteiger partial charge is 0.335 e. The minimum absolute atomic E-state index is 0.164. The van der Waals surface area contributed by atoms with Crippen molar-refractivity contribution >= 4 is 29.2 Å². The molecule has 1 aromatic rings. The lowest BCUT2D eigenvalue weighted by Gasteiger charge is -2.35. The number of carboxylic acid groups (broad SMARTS) is 1. The Labute approximate surface area is 209 Å². The lowest BCUT2D eigenvalue weighted by molar-refractivity contribution is -0.225. The van der Waals surface area contributed by atoms with Gasteiger partial charge in [0.1, 0.15) is 30.2 Å². The molecule has 4 heterocycles. The fourth-order valence-electron chi connectivity index (χ4n) is 6.35. The summed E-state index contributed by atoms with van der Waals surface area (Å²) in [6.45, 7) is 4.54. The fourth-order valence-corrected chi connectivity index (χ4v) is 6.35. The van der Waals surface area contributed by atoms with E-state index in [1.807, 2.05) is 4.90 Å². The summed E-state index contributed by atoms with van der Waals surface area (Å²) in [7, 11) is 0. The molecule has 2 aliphatic carbocycles. The molecular formula is C25H33N5O6. The fraction of sp³-hybridized carbons (Fsp3) is 0.680. The van der Waals surface area contributed by atoms with Gasteiger partial charge >= 0.3 is 12.0 Å². The molecule has 194 valence electrons. The number of nitrogens with one attached hydrogen (secondary N) is 2. The quantitative estimate of drug-likeness (QED) is 0.571. The summed E-state index contributed by atoms with van der Waals surface area (Å²) in [6.07, 6.45) is 8.22. The maximum absolute atomic E-state index is 12.7. The number of nitrogens with zero attached hydrogens (tertiary/aromatic N) is 3. The van der Waals surface area contributed by atoms with Crippen LogP contribution >= 0.6 is 0 Å². The molecule has 11 nitrogen and oxygen atoms in total. The second kappa shape index (κ2) is 9.28. The standard InChI is InChI=1S/C25H33N5O6/c1-14-12-30(21-16(14)20(26-13-27-21)29-24(33)28-15-8-4-2-5-9-15)22-18-17(19(34-22)23(31)32)35-25(36-18)10-6-3-7-11-25/h13,15,17-19,22H,1-12H2,(H,31,32)(H2,26,27,28,29,33). The zero-order valence-corrected chi connectivity index (χ0v) is 20.3. The summed E-state index contributed by atoms with van der Waals surface area (Å²) < 4.78 is 18.7. The van der Waals surface area contributed by atoms with Crippen molar-refractivity contribution in [1.29, 1.82) is 0 Å². The third-order valence-electron chi connectivity index (χ3n) is 8.04. The third-order valence-corrected chi connectivity index (χ3v) is 8.04. The van der Waals surface area contributed by atoms with Crippen LogP contribution < -0.4 is 15.5 Å². The summed E-state index contributed by atoms with van der Waals surface area (Å²) in [4.78, 5) is 35.4. The molecule has 1 spiro atoms. The minimum Gasteiger partial charge on any atom is -0.479 e. The Morgan fingerprint density at radius 1 is 1.06 bits per heavy atom. The molecule has 4 atom stereocenters. The molecule has 2 amide bonds. The number of hydrogen-bond acceptors (Lipinski definition) is 8. The van der Waals surface area contributed by atoms with Gasteiger partial charge in [0.2, 0.25) is 0 Å². The Kier molecular flexibility index (Phi) is 6.09. The van der Waals surface area contributed by atoms with Gasteiger partial charge in [-0.15, -0.1) is 0 Å². The van der Waals surface area contributed by atoms with Crippen LogP contribution in [0.2, 0.25) is 0 Å². The van der Waals surface area contributed by atoms with Crippen molar-refractivity contribution in [2.75, 3.05) is 16.8 Å². The van der Waals surface area contributed by atoms with E-state index in [0.717, 1.165) is 57.8 Å². The SMILES string of the molecule is C=C1CN(C2OC(C(=O)O)C3OC4(CCCCC4)OC32)c2ncnc(NC(=O)NC3CCCCC3)c21. The van der Waals surface area contributed by atoms with Gasteiger partial charge in [0.05, 0.1) is 5.56 Å². The molecule has 2 saturated carbocycles. The molecule has 3 aliphatic heterocycles. The number of anilines is 2. The van der Waals surface area contributed by atoms with E-state index < -0.39 is 36.3 Å². The number of carbonyl (C=O) groups excluding carboxylic acids is 1. The minimum atomic E-state index is -1.14. The topological polar surface area (TPSA) is 135 Å². The molecule has 4 unspecified atom stereocenters. The molecule has 11 heteroatoms. The number of urea groups is 1. The van der Waals surface area contributed by atoms with Crippen LogP contribution in [0.3, 0.4) is 0 Å². The summed E-state index contributed by atoms with van der Waals surface area (Å²) in [5.74, 6) is -0.923. The molecule has 0 bridgehead atoms. The highest BCUT2D eigenvalue weighted by molar-refractivity contribution is 5.96. The van der Waals surface area contributed by atoms with Crippen LogP contribution in [0.5, 0.6) is 0 Å². The van der Waals surface area contributed by atoms with E-state index in [2.05, 4.69) is 27.2 Å². The number of aromatic nitrogens is 2. The van der Waals surface area contributed by atoms with E-state index in [1.54, 1.807) is 0 Å². The Bertz CT molecular complexity index is 1050. The first-order valence-corrected chi connectivity index (χ1v) is 13.1. The van der Waals surface area contributed by atoms with Crippen LogP contribution in [0.4, 0.5) is 16.4 Å².